The number of rotatable bonds is 3. The second-order valence-electron chi connectivity index (χ2n) is 3.22. The van der Waals surface area contributed by atoms with Crippen molar-refractivity contribution in [1.82, 2.24) is 0 Å². The summed E-state index contributed by atoms with van der Waals surface area (Å²) in [6.07, 6.45) is 3.46. The van der Waals surface area contributed by atoms with Gasteiger partial charge in [-0.3, -0.25) is 0 Å². The third-order valence-electron chi connectivity index (χ3n) is 2.34. The van der Waals surface area contributed by atoms with Crippen LogP contribution in [0.3, 0.4) is 0 Å². The minimum atomic E-state index is 0. The lowest BCUT2D eigenvalue weighted by molar-refractivity contribution is 1.04. The van der Waals surface area contributed by atoms with E-state index < -0.39 is 0 Å². The lowest BCUT2D eigenvalue weighted by Gasteiger charge is -2.05. The molecule has 0 aliphatic carbocycles. The van der Waals surface area contributed by atoms with Crippen LogP contribution in [-0.2, 0) is 19.3 Å². The molecule has 0 bridgehead atoms. The summed E-state index contributed by atoms with van der Waals surface area (Å²) in [4.78, 5) is 0. The van der Waals surface area contributed by atoms with E-state index in [1.54, 1.807) is 0 Å². The smallest absolute Gasteiger partial charge is 0.0307 e. The van der Waals surface area contributed by atoms with Crippen molar-refractivity contribution in [2.45, 2.75) is 61.3 Å². The Morgan fingerprint density at radius 2 is 0.867 bits per heavy atom. The molecule has 0 fully saturated rings. The molecule has 0 aliphatic heterocycles. The fourth-order valence-corrected chi connectivity index (χ4v) is 1.45. The van der Waals surface area contributed by atoms with E-state index in [2.05, 4.69) is 39.0 Å². The van der Waals surface area contributed by atoms with E-state index in [0.717, 1.165) is 19.3 Å². The second-order valence-corrected chi connectivity index (χ2v) is 3.22. The molecule has 0 heteroatoms. The molecular weight excluding hydrogens is 180 g/mol. The minimum Gasteiger partial charge on any atom is -0.0776 e. The van der Waals surface area contributed by atoms with Gasteiger partial charge in [0.1, 0.15) is 0 Å². The number of hydrogen-bond donors (Lipinski definition) is 0. The summed E-state index contributed by atoms with van der Waals surface area (Å²) in [5.41, 5.74) is 4.43. The highest BCUT2D eigenvalue weighted by atomic mass is 14.0. The molecule has 0 amide bonds. The minimum absolute atomic E-state index is 0. The fourth-order valence-electron chi connectivity index (χ4n) is 1.45. The third-order valence-corrected chi connectivity index (χ3v) is 2.34. The Kier molecular flexibility index (Phi) is 10.8. The molecule has 1 aromatic carbocycles. The summed E-state index contributed by atoms with van der Waals surface area (Å²) < 4.78 is 0. The molecule has 0 radical (unpaired) electrons. The fraction of sp³-hybridized carbons (Fsp3) is 0.600. The van der Waals surface area contributed by atoms with Crippen LogP contribution in [0.2, 0.25) is 0 Å². The molecule has 0 atom stereocenters. The average Bonchev–Trinajstić information content (AvgIpc) is 2.30. The summed E-state index contributed by atoms with van der Waals surface area (Å²) in [5, 5.41) is 0. The quantitative estimate of drug-likeness (QED) is 0.653. The molecule has 0 unspecified atom stereocenters. The van der Waals surface area contributed by atoms with Gasteiger partial charge in [-0.1, -0.05) is 60.2 Å². The number of hydrogen-bond acceptors (Lipinski definition) is 0. The maximum Gasteiger partial charge on any atom is -0.0307 e. The van der Waals surface area contributed by atoms with E-state index in [9.17, 15) is 0 Å². The predicted molar refractivity (Wildman–Crippen MR) is 72.7 cm³/mol. The zero-order valence-corrected chi connectivity index (χ0v) is 10.4. The topological polar surface area (TPSA) is 0 Å². The maximum absolute atomic E-state index is 2.32. The molecule has 0 aliphatic rings. The van der Waals surface area contributed by atoms with Crippen LogP contribution in [0.4, 0.5) is 0 Å². The van der Waals surface area contributed by atoms with Gasteiger partial charge in [0, 0.05) is 0 Å². The average molecular weight is 208 g/mol. The molecular formula is C15H28. The van der Waals surface area contributed by atoms with Crippen molar-refractivity contribution in [3.05, 3.63) is 34.9 Å². The van der Waals surface area contributed by atoms with Crippen LogP contribution in [0.15, 0.2) is 18.2 Å². The maximum atomic E-state index is 2.32. The van der Waals surface area contributed by atoms with Crippen LogP contribution in [0, 0.1) is 0 Å². The first-order chi connectivity index (χ1) is 6.80. The van der Waals surface area contributed by atoms with Crippen LogP contribution in [0.1, 0.15) is 58.7 Å². The van der Waals surface area contributed by atoms with E-state index in [4.69, 9.17) is 0 Å². The Balaban J connectivity index is 0. The standard InChI is InChI=1S/C12H18.C2H6.CH4/c1-4-10-7-11(5-2)9-12(6-3)8-10;1-2;/h7-9H,4-6H2,1-3H3;1-2H3;1H4. The first-order valence-electron chi connectivity index (χ1n) is 5.91. The first kappa shape index (κ1) is 16.6. The van der Waals surface area contributed by atoms with Crippen molar-refractivity contribution >= 4 is 0 Å². The number of benzene rings is 1. The van der Waals surface area contributed by atoms with E-state index in [1.807, 2.05) is 13.8 Å². The number of aryl methyl sites for hydroxylation is 3. The van der Waals surface area contributed by atoms with Gasteiger partial charge in [-0.15, -0.1) is 0 Å². The molecule has 0 nitrogen and oxygen atoms in total. The summed E-state index contributed by atoms with van der Waals surface area (Å²) in [5.74, 6) is 0. The Hall–Kier alpha value is -0.780. The van der Waals surface area contributed by atoms with Gasteiger partial charge in [0.15, 0.2) is 0 Å². The second kappa shape index (κ2) is 9.76. The zero-order valence-electron chi connectivity index (χ0n) is 10.4. The van der Waals surface area contributed by atoms with Gasteiger partial charge in [0.05, 0.1) is 0 Å². The lowest BCUT2D eigenvalue weighted by atomic mass is 10.0. The van der Waals surface area contributed by atoms with Crippen molar-refractivity contribution in [1.29, 1.82) is 0 Å². The lowest BCUT2D eigenvalue weighted by Crippen LogP contribution is -1.90. The van der Waals surface area contributed by atoms with E-state index in [-0.39, 0.29) is 7.43 Å². The Morgan fingerprint density at radius 3 is 1.00 bits per heavy atom. The molecule has 1 aromatic rings. The summed E-state index contributed by atoms with van der Waals surface area (Å²) >= 11 is 0. The van der Waals surface area contributed by atoms with E-state index >= 15 is 0 Å². The van der Waals surface area contributed by atoms with Gasteiger partial charge in [0.25, 0.3) is 0 Å². The van der Waals surface area contributed by atoms with Gasteiger partial charge < -0.3 is 0 Å². The molecule has 0 N–H and O–H groups in total. The molecule has 0 spiro atoms. The normalized spacial score (nSPS) is 8.60. The van der Waals surface area contributed by atoms with Crippen LogP contribution >= 0.6 is 0 Å². The van der Waals surface area contributed by atoms with Crippen LogP contribution in [-0.4, -0.2) is 0 Å². The van der Waals surface area contributed by atoms with Gasteiger partial charge >= 0.3 is 0 Å². The van der Waals surface area contributed by atoms with Crippen LogP contribution in [0.25, 0.3) is 0 Å². The van der Waals surface area contributed by atoms with E-state index in [1.165, 1.54) is 16.7 Å². The van der Waals surface area contributed by atoms with Crippen molar-refractivity contribution in [3.8, 4) is 0 Å². The van der Waals surface area contributed by atoms with Crippen molar-refractivity contribution < 1.29 is 0 Å². The van der Waals surface area contributed by atoms with Crippen LogP contribution < -0.4 is 0 Å². The predicted octanol–water partition coefficient (Wildman–Crippen LogP) is 5.04. The molecule has 0 saturated carbocycles. The van der Waals surface area contributed by atoms with Gasteiger partial charge in [0.2, 0.25) is 0 Å². The summed E-state index contributed by atoms with van der Waals surface area (Å²) in [7, 11) is 0. The Morgan fingerprint density at radius 1 is 0.667 bits per heavy atom. The largest absolute Gasteiger partial charge is 0.0776 e. The van der Waals surface area contributed by atoms with Crippen molar-refractivity contribution in [3.63, 3.8) is 0 Å². The summed E-state index contributed by atoms with van der Waals surface area (Å²) in [6, 6.07) is 6.96. The molecule has 88 valence electrons. The monoisotopic (exact) mass is 208 g/mol. The van der Waals surface area contributed by atoms with E-state index in [0.29, 0.717) is 0 Å². The van der Waals surface area contributed by atoms with Crippen LogP contribution in [0.5, 0.6) is 0 Å². The van der Waals surface area contributed by atoms with Crippen molar-refractivity contribution in [2.75, 3.05) is 0 Å². The van der Waals surface area contributed by atoms with Gasteiger partial charge in [-0.25, -0.2) is 0 Å². The zero-order chi connectivity index (χ0) is 11.0. The molecule has 0 saturated heterocycles. The molecule has 0 aromatic heterocycles. The molecule has 15 heavy (non-hydrogen) atoms. The molecule has 1 rings (SSSR count). The van der Waals surface area contributed by atoms with Crippen molar-refractivity contribution in [2.24, 2.45) is 0 Å². The highest BCUT2D eigenvalue weighted by Crippen LogP contribution is 2.12. The highest BCUT2D eigenvalue weighted by molar-refractivity contribution is 5.30. The first-order valence-corrected chi connectivity index (χ1v) is 5.91. The summed E-state index contributed by atoms with van der Waals surface area (Å²) in [6.45, 7) is 10.6. The Bertz CT molecular complexity index is 193. The molecule has 0 heterocycles. The Labute approximate surface area is 96.7 Å². The third kappa shape index (κ3) is 5.61. The SMILES string of the molecule is C.CC.CCc1cc(CC)cc(CC)c1. The highest BCUT2D eigenvalue weighted by Gasteiger charge is 1.96. The van der Waals surface area contributed by atoms with Gasteiger partial charge in [-0.05, 0) is 36.0 Å². The van der Waals surface area contributed by atoms with Gasteiger partial charge in [-0.2, -0.15) is 0 Å².